The van der Waals surface area contributed by atoms with Crippen LogP contribution in [-0.4, -0.2) is 105 Å². The van der Waals surface area contributed by atoms with Gasteiger partial charge in [-0.3, -0.25) is 14.5 Å². The third-order valence-corrected chi connectivity index (χ3v) is 10.5. The van der Waals surface area contributed by atoms with E-state index in [-0.39, 0.29) is 42.2 Å². The monoisotopic (exact) mass is 717 g/mol. The summed E-state index contributed by atoms with van der Waals surface area (Å²) < 4.78 is 35.8. The van der Waals surface area contributed by atoms with Crippen molar-refractivity contribution in [3.63, 3.8) is 0 Å². The van der Waals surface area contributed by atoms with Crippen molar-refractivity contribution in [2.45, 2.75) is 75.8 Å². The summed E-state index contributed by atoms with van der Waals surface area (Å²) >= 11 is 0. The summed E-state index contributed by atoms with van der Waals surface area (Å²) in [6, 6.07) is 6.90. The van der Waals surface area contributed by atoms with Crippen molar-refractivity contribution in [1.29, 1.82) is 0 Å². The van der Waals surface area contributed by atoms with Crippen molar-refractivity contribution in [3.05, 3.63) is 59.2 Å². The third kappa shape index (κ3) is 6.91. The first kappa shape index (κ1) is 35.6. The largest absolute Gasteiger partial charge is 0.493 e. The first-order valence-corrected chi connectivity index (χ1v) is 18.2. The molecule has 13 nitrogen and oxygen atoms in total. The fourth-order valence-electron chi connectivity index (χ4n) is 7.89. The first-order valence-electron chi connectivity index (χ1n) is 18.2. The number of carbonyl (C=O) groups is 3. The lowest BCUT2D eigenvalue weighted by molar-refractivity contribution is -0.248. The Morgan fingerprint density at radius 3 is 2.35 bits per heavy atom. The van der Waals surface area contributed by atoms with Crippen molar-refractivity contribution >= 4 is 29.7 Å². The Bertz CT molecular complexity index is 1750. The Morgan fingerprint density at radius 2 is 1.65 bits per heavy atom. The van der Waals surface area contributed by atoms with Gasteiger partial charge in [-0.15, -0.1) is 0 Å². The van der Waals surface area contributed by atoms with Gasteiger partial charge in [-0.25, -0.2) is 4.79 Å². The molecule has 3 atom stereocenters. The lowest BCUT2D eigenvalue weighted by Crippen LogP contribution is -2.57. The molecular formula is C39H47N3O10. The van der Waals surface area contributed by atoms with E-state index in [1.807, 2.05) is 17.0 Å². The molecular weight excluding hydrogens is 670 g/mol. The van der Waals surface area contributed by atoms with Crippen LogP contribution >= 0.6 is 0 Å². The van der Waals surface area contributed by atoms with Crippen LogP contribution < -0.4 is 23.8 Å². The number of ether oxygens (including phenoxy) is 6. The van der Waals surface area contributed by atoms with Crippen LogP contribution in [0.4, 0.5) is 10.5 Å². The van der Waals surface area contributed by atoms with Gasteiger partial charge in [0.05, 0.1) is 56.8 Å². The Kier molecular flexibility index (Phi) is 10.3. The molecule has 1 unspecified atom stereocenters. The Labute approximate surface area is 303 Å². The summed E-state index contributed by atoms with van der Waals surface area (Å²) in [4.78, 5) is 44.7. The van der Waals surface area contributed by atoms with Gasteiger partial charge in [0.2, 0.25) is 0 Å². The van der Waals surface area contributed by atoms with E-state index in [0.717, 1.165) is 61.1 Å². The van der Waals surface area contributed by atoms with Crippen molar-refractivity contribution in [2.75, 3.05) is 58.6 Å². The number of fused-ring (bicyclic) bond motifs is 4. The number of hydrogen-bond donors (Lipinski definition) is 1. The molecule has 2 aromatic rings. The fourth-order valence-corrected chi connectivity index (χ4v) is 7.89. The lowest BCUT2D eigenvalue weighted by Gasteiger charge is -2.41. The van der Waals surface area contributed by atoms with Crippen LogP contribution in [0.25, 0.3) is 6.08 Å². The zero-order valence-corrected chi connectivity index (χ0v) is 29.9. The van der Waals surface area contributed by atoms with E-state index in [1.54, 1.807) is 30.2 Å². The molecule has 2 aromatic carbocycles. The molecule has 5 aliphatic rings. The Hall–Kier alpha value is -4.75. The molecule has 0 aliphatic carbocycles. The number of amides is 3. The molecule has 3 fully saturated rings. The second-order valence-electron chi connectivity index (χ2n) is 14.0. The highest BCUT2D eigenvalue weighted by Gasteiger charge is 2.53. The maximum atomic E-state index is 14.1. The van der Waals surface area contributed by atoms with Gasteiger partial charge in [-0.05, 0) is 75.1 Å². The number of unbranched alkanes of at least 4 members (excludes halogenated alkanes) is 2. The molecule has 3 amide bonds. The van der Waals surface area contributed by atoms with Gasteiger partial charge in [0.15, 0.2) is 35.0 Å². The van der Waals surface area contributed by atoms with Crippen LogP contribution in [0.3, 0.4) is 0 Å². The minimum Gasteiger partial charge on any atom is -0.493 e. The summed E-state index contributed by atoms with van der Waals surface area (Å²) in [5, 5.41) is 10.4. The molecule has 3 saturated heterocycles. The van der Waals surface area contributed by atoms with E-state index in [4.69, 9.17) is 28.4 Å². The zero-order chi connectivity index (χ0) is 36.4. The molecule has 13 heteroatoms. The molecule has 0 aromatic heterocycles. The van der Waals surface area contributed by atoms with Crippen molar-refractivity contribution in [1.82, 2.24) is 9.80 Å². The summed E-state index contributed by atoms with van der Waals surface area (Å²) in [7, 11) is 3.06. The van der Waals surface area contributed by atoms with Crippen molar-refractivity contribution in [3.8, 4) is 23.0 Å². The van der Waals surface area contributed by atoms with Crippen LogP contribution in [0, 0.1) is 0 Å². The molecule has 52 heavy (non-hydrogen) atoms. The molecule has 0 radical (unpaired) electrons. The molecule has 7 rings (SSSR count). The van der Waals surface area contributed by atoms with Gasteiger partial charge >= 0.3 is 6.09 Å². The van der Waals surface area contributed by atoms with Gasteiger partial charge in [-0.2, -0.15) is 0 Å². The van der Waals surface area contributed by atoms with Gasteiger partial charge in [0.25, 0.3) is 11.8 Å². The molecule has 0 spiro atoms. The number of methoxy groups -OCH3 is 2. The van der Waals surface area contributed by atoms with Crippen LogP contribution in [0.1, 0.15) is 84.1 Å². The maximum Gasteiger partial charge on any atom is 0.412 e. The minimum absolute atomic E-state index is 0.0232. The van der Waals surface area contributed by atoms with E-state index < -0.39 is 18.1 Å². The van der Waals surface area contributed by atoms with E-state index >= 15 is 0 Å². The molecule has 0 saturated carbocycles. The molecule has 5 heterocycles. The SMILES string of the molecule is C=C1CN2C(=O)c3cc(OC)c(OCCCCCOc4cc5c(cc4OC)C(=O)N4CCC[C@H]4C=C5)cc3N(C(=O)O)C[C@]2(OC2CCCCO2)C1. The Balaban J connectivity index is 0.990. The van der Waals surface area contributed by atoms with Crippen molar-refractivity contribution < 1.29 is 47.9 Å². The highest BCUT2D eigenvalue weighted by Crippen LogP contribution is 2.45. The fraction of sp³-hybridized carbons (Fsp3) is 0.513. The smallest absolute Gasteiger partial charge is 0.412 e. The molecule has 0 bridgehead atoms. The summed E-state index contributed by atoms with van der Waals surface area (Å²) in [6.45, 7) is 6.35. The lowest BCUT2D eigenvalue weighted by atomic mass is 10.1. The normalized spacial score (nSPS) is 23.7. The maximum absolute atomic E-state index is 14.1. The zero-order valence-electron chi connectivity index (χ0n) is 29.9. The molecule has 5 aliphatic heterocycles. The van der Waals surface area contributed by atoms with Gasteiger partial charge in [-0.1, -0.05) is 24.3 Å². The highest BCUT2D eigenvalue weighted by molar-refractivity contribution is 6.06. The number of hydrogen-bond acceptors (Lipinski definition) is 9. The molecule has 278 valence electrons. The average molecular weight is 718 g/mol. The van der Waals surface area contributed by atoms with Crippen LogP contribution in [0.15, 0.2) is 42.5 Å². The number of carbonyl (C=O) groups excluding carboxylic acids is 2. The average Bonchev–Trinajstić information content (AvgIpc) is 3.70. The predicted octanol–water partition coefficient (Wildman–Crippen LogP) is 6.10. The summed E-state index contributed by atoms with van der Waals surface area (Å²) in [5.41, 5.74) is 1.37. The van der Waals surface area contributed by atoms with Crippen LogP contribution in [0.2, 0.25) is 0 Å². The summed E-state index contributed by atoms with van der Waals surface area (Å²) in [6.07, 6.45) is 9.36. The number of anilines is 1. The molecule has 1 N–H and O–H groups in total. The topological polar surface area (TPSA) is 137 Å². The first-order chi connectivity index (χ1) is 25.2. The van der Waals surface area contributed by atoms with E-state index in [1.165, 1.54) is 7.11 Å². The third-order valence-electron chi connectivity index (χ3n) is 10.5. The van der Waals surface area contributed by atoms with Crippen molar-refractivity contribution in [2.24, 2.45) is 0 Å². The minimum atomic E-state index is -1.25. The quantitative estimate of drug-likeness (QED) is 0.203. The second kappa shape index (κ2) is 15.1. The van der Waals surface area contributed by atoms with E-state index in [2.05, 4.69) is 12.7 Å². The summed E-state index contributed by atoms with van der Waals surface area (Å²) in [5.74, 6) is 1.43. The van der Waals surface area contributed by atoms with Crippen LogP contribution in [-0.2, 0) is 9.47 Å². The number of rotatable bonds is 12. The van der Waals surface area contributed by atoms with E-state index in [9.17, 15) is 19.5 Å². The highest BCUT2D eigenvalue weighted by atomic mass is 16.7. The van der Waals surface area contributed by atoms with E-state index in [0.29, 0.717) is 67.6 Å². The predicted molar refractivity (Wildman–Crippen MR) is 191 cm³/mol. The number of carboxylic acid groups (broad SMARTS) is 1. The van der Waals surface area contributed by atoms with Crippen LogP contribution in [0.5, 0.6) is 23.0 Å². The number of benzene rings is 2. The van der Waals surface area contributed by atoms with Gasteiger partial charge < -0.3 is 43.3 Å². The van der Waals surface area contributed by atoms with Gasteiger partial charge in [0.1, 0.15) is 0 Å². The Morgan fingerprint density at radius 1 is 0.923 bits per heavy atom. The standard InChI is InChI=1S/C39H47N3O10/c1-25-22-39(52-35-11-5-8-17-51-35)24-41(38(45)46)30-21-34(32(48-3)20-29(30)37(44)42(39)23-25)50-16-7-4-6-15-49-33-18-26-12-13-27-10-9-14-40(27)36(43)28(26)19-31(33)47-2/h12-13,18-21,27,35H,1,4-11,14-17,22-24H2,2-3H3,(H,45,46)/t27-,35?,39+/m0/s1. The second-order valence-corrected chi connectivity index (χ2v) is 14.0. The number of nitrogens with zero attached hydrogens (tertiary/aromatic N) is 3. The van der Waals surface area contributed by atoms with Gasteiger partial charge in [0, 0.05) is 32.2 Å².